The van der Waals surface area contributed by atoms with Crippen LogP contribution in [-0.4, -0.2) is 20.2 Å². The van der Waals surface area contributed by atoms with Crippen LogP contribution >= 0.6 is 0 Å². The van der Waals surface area contributed by atoms with Crippen molar-refractivity contribution in [3.63, 3.8) is 0 Å². The molecule has 4 aromatic heterocycles. The van der Waals surface area contributed by atoms with Crippen LogP contribution in [0.5, 0.6) is 0 Å². The van der Waals surface area contributed by atoms with Crippen molar-refractivity contribution in [2.75, 3.05) is 0 Å². The predicted molar refractivity (Wildman–Crippen MR) is 357 cm³/mol. The molecular weight excluding hydrogens is 1000 g/mol. The highest BCUT2D eigenvalue weighted by Gasteiger charge is 2.55. The van der Waals surface area contributed by atoms with Gasteiger partial charge in [0.05, 0.1) is 38.5 Å². The fourth-order valence-electron chi connectivity index (χ4n) is 16.6. The molecule has 13 aromatic rings. The smallest absolute Gasteiger partial charge is 0.252 e. The first-order valence-corrected chi connectivity index (χ1v) is 30.9. The summed E-state index contributed by atoms with van der Waals surface area (Å²) >= 11 is 0. The monoisotopic (exact) mass is 1080 g/mol. The summed E-state index contributed by atoms with van der Waals surface area (Å²) < 4.78 is 8.26. The molecule has 0 N–H and O–H groups in total. The highest BCUT2D eigenvalue weighted by molar-refractivity contribution is 7.00. The molecule has 17 rings (SSSR count). The number of para-hydroxylation sites is 1. The van der Waals surface area contributed by atoms with Crippen LogP contribution in [0.15, 0.2) is 133 Å². The fourth-order valence-corrected chi connectivity index (χ4v) is 16.6. The summed E-state index contributed by atoms with van der Waals surface area (Å²) in [5.41, 5.74) is 31.8. The van der Waals surface area contributed by atoms with Gasteiger partial charge in [-0.1, -0.05) is 216 Å². The molecule has 0 bridgehead atoms. The molecule has 9 aromatic carbocycles. The molecule has 0 atom stereocenters. The summed E-state index contributed by atoms with van der Waals surface area (Å²) in [5.74, 6) is 0. The average Bonchev–Trinajstić information content (AvgIpc) is 1.55. The van der Waals surface area contributed by atoms with Gasteiger partial charge in [0.1, 0.15) is 0 Å². The van der Waals surface area contributed by atoms with E-state index < -0.39 is 5.41 Å². The zero-order valence-corrected chi connectivity index (χ0v) is 52.1. The van der Waals surface area contributed by atoms with E-state index in [0.717, 1.165) is 0 Å². The Hall–Kier alpha value is -7.56. The molecular formula is C79H76BN3. The molecule has 410 valence electrons. The number of benzene rings is 9. The zero-order valence-electron chi connectivity index (χ0n) is 52.1. The van der Waals surface area contributed by atoms with Gasteiger partial charge in [-0.2, -0.15) is 0 Å². The lowest BCUT2D eigenvalue weighted by molar-refractivity contribution is 0.583. The van der Waals surface area contributed by atoms with Crippen molar-refractivity contribution < 1.29 is 0 Å². The minimum Gasteiger partial charge on any atom is -0.310 e. The molecule has 0 saturated carbocycles. The van der Waals surface area contributed by atoms with E-state index in [0.29, 0.717) is 0 Å². The van der Waals surface area contributed by atoms with E-state index in [9.17, 15) is 0 Å². The summed E-state index contributed by atoms with van der Waals surface area (Å²) in [7, 11) is 0. The fraction of sp³-hybridized carbons (Fsp3) is 0.316. The maximum atomic E-state index is 2.83. The molecule has 0 saturated heterocycles. The number of nitrogens with zero attached hydrogens (tertiary/aromatic N) is 3. The summed E-state index contributed by atoms with van der Waals surface area (Å²) in [6.45, 7) is 43.0. The van der Waals surface area contributed by atoms with E-state index in [1.807, 2.05) is 0 Å². The lowest BCUT2D eigenvalue weighted by Crippen LogP contribution is -2.60. The van der Waals surface area contributed by atoms with Gasteiger partial charge in [0.25, 0.3) is 6.71 Å². The number of rotatable bonds is 0. The predicted octanol–water partition coefficient (Wildman–Crippen LogP) is 18.6. The van der Waals surface area contributed by atoms with E-state index in [4.69, 9.17) is 0 Å². The van der Waals surface area contributed by atoms with Gasteiger partial charge in [-0.05, 0) is 158 Å². The van der Waals surface area contributed by atoms with Crippen molar-refractivity contribution in [2.45, 2.75) is 163 Å². The van der Waals surface area contributed by atoms with Crippen molar-refractivity contribution in [1.82, 2.24) is 13.5 Å². The third-order valence-corrected chi connectivity index (χ3v) is 21.0. The first kappa shape index (κ1) is 50.0. The Kier molecular flexibility index (Phi) is 8.95. The third kappa shape index (κ3) is 5.99. The standard InChI is InChI=1S/C79H76BN3/c1-73(2,3)41-25-30-61-52(32-41)49-20-19-21-51-65-64(81(61)68(49)51)40-60-72-66(65)50-28-24-44(76(10,11)12)39-63(50)82(72)62-31-29-55-71-67(62)80(60)59-38-46(78(16,17)18)34-54-53-33-45(77(13,14)15)37-58(69(53)83(71)70(54)59)79(55)56-35-42(74(4,5)6)22-26-47(56)48-27-23-43(36-57(48)79)75(7,8)9/h19-40H,1-18H3. The molecule has 7 heterocycles. The quantitative estimate of drug-likeness (QED) is 0.134. The minimum atomic E-state index is -0.634. The molecule has 0 radical (unpaired) electrons. The van der Waals surface area contributed by atoms with Gasteiger partial charge in [-0.25, -0.2) is 0 Å². The van der Waals surface area contributed by atoms with Crippen LogP contribution < -0.4 is 16.4 Å². The third-order valence-electron chi connectivity index (χ3n) is 21.0. The Bertz CT molecular complexity index is 5130. The average molecular weight is 1080 g/mol. The number of hydrogen-bond acceptors (Lipinski definition) is 0. The molecule has 4 aliphatic rings. The van der Waals surface area contributed by atoms with Crippen molar-refractivity contribution in [2.24, 2.45) is 0 Å². The van der Waals surface area contributed by atoms with Crippen molar-refractivity contribution in [3.05, 3.63) is 189 Å². The largest absolute Gasteiger partial charge is 0.310 e. The lowest BCUT2D eigenvalue weighted by atomic mass is 9.33. The summed E-state index contributed by atoms with van der Waals surface area (Å²) in [6, 6.07) is 55.6. The molecule has 1 spiro atoms. The summed E-state index contributed by atoms with van der Waals surface area (Å²) in [4.78, 5) is 0. The second-order valence-corrected chi connectivity index (χ2v) is 32.2. The van der Waals surface area contributed by atoms with E-state index in [2.05, 4.69) is 272 Å². The Balaban J connectivity index is 1.13. The number of fused-ring (bicyclic) bond motifs is 21. The van der Waals surface area contributed by atoms with Crippen LogP contribution in [0, 0.1) is 0 Å². The van der Waals surface area contributed by atoms with Gasteiger partial charge in [-0.15, -0.1) is 0 Å². The topological polar surface area (TPSA) is 14.3 Å². The normalized spacial score (nSPS) is 15.4. The Labute approximate surface area is 489 Å². The highest BCUT2D eigenvalue weighted by atomic mass is 15.1. The molecule has 0 fully saturated rings. The second kappa shape index (κ2) is 14.8. The van der Waals surface area contributed by atoms with Crippen molar-refractivity contribution in [3.8, 4) is 22.5 Å². The van der Waals surface area contributed by atoms with Gasteiger partial charge < -0.3 is 13.5 Å². The minimum absolute atomic E-state index is 0.0231. The van der Waals surface area contributed by atoms with Crippen LogP contribution in [0.25, 0.3) is 104 Å². The molecule has 1 aliphatic carbocycles. The SMILES string of the molecule is CC(C)(C)c1ccc2c(c1)C1(c3cc(C(C)(C)C)ccc3-2)c2ccc3c4c2-n2c5c(cc(C(C)(C)C)cc5c5cc(C(C)(C)C)cc1c52)B4c1cc2c(c4cccc5c6cc(C(C)(C)C)ccc6n2c54)c2c4ccc(C(C)(C)C)cc4n-3c12. The first-order chi connectivity index (χ1) is 39.0. The van der Waals surface area contributed by atoms with Gasteiger partial charge in [0.15, 0.2) is 0 Å². The van der Waals surface area contributed by atoms with Crippen LogP contribution in [0.2, 0.25) is 0 Å². The van der Waals surface area contributed by atoms with Gasteiger partial charge in [0.2, 0.25) is 0 Å². The molecule has 4 heteroatoms. The second-order valence-electron chi connectivity index (χ2n) is 32.2. The maximum Gasteiger partial charge on any atom is 0.252 e. The van der Waals surface area contributed by atoms with Crippen molar-refractivity contribution >= 4 is 105 Å². The molecule has 3 nitrogen and oxygen atoms in total. The van der Waals surface area contributed by atoms with E-state index in [-0.39, 0.29) is 39.2 Å². The Morgan fingerprint density at radius 3 is 1.47 bits per heavy atom. The number of aromatic nitrogens is 3. The number of hydrogen-bond donors (Lipinski definition) is 0. The summed E-state index contributed by atoms with van der Waals surface area (Å²) in [6.07, 6.45) is 0. The van der Waals surface area contributed by atoms with Crippen LogP contribution in [0.4, 0.5) is 0 Å². The zero-order chi connectivity index (χ0) is 57.8. The maximum absolute atomic E-state index is 2.83. The van der Waals surface area contributed by atoms with Crippen LogP contribution in [-0.2, 0) is 37.9 Å². The summed E-state index contributed by atoms with van der Waals surface area (Å²) in [5, 5.41) is 10.8. The van der Waals surface area contributed by atoms with Crippen LogP contribution in [0.1, 0.15) is 180 Å². The van der Waals surface area contributed by atoms with E-state index in [1.165, 1.54) is 176 Å². The van der Waals surface area contributed by atoms with Crippen LogP contribution in [0.3, 0.4) is 0 Å². The van der Waals surface area contributed by atoms with Crippen molar-refractivity contribution in [1.29, 1.82) is 0 Å². The molecule has 0 unspecified atom stereocenters. The van der Waals surface area contributed by atoms with Gasteiger partial charge in [0, 0.05) is 60.0 Å². The van der Waals surface area contributed by atoms with E-state index >= 15 is 0 Å². The Morgan fingerprint density at radius 1 is 0.325 bits per heavy atom. The highest BCUT2D eigenvalue weighted by Crippen LogP contribution is 2.63. The van der Waals surface area contributed by atoms with Gasteiger partial charge in [-0.3, -0.25) is 0 Å². The van der Waals surface area contributed by atoms with E-state index in [1.54, 1.807) is 0 Å². The first-order valence-electron chi connectivity index (χ1n) is 30.9. The van der Waals surface area contributed by atoms with Gasteiger partial charge >= 0.3 is 0 Å². The molecule has 83 heavy (non-hydrogen) atoms. The lowest BCUT2D eigenvalue weighted by Gasteiger charge is -2.45. The molecule has 3 aliphatic heterocycles. The Morgan fingerprint density at radius 2 is 0.843 bits per heavy atom. The molecule has 0 amide bonds.